The van der Waals surface area contributed by atoms with Crippen LogP contribution in [0.3, 0.4) is 0 Å². The summed E-state index contributed by atoms with van der Waals surface area (Å²) in [6, 6.07) is 12.0. The minimum atomic E-state index is -0.503. The lowest BCUT2D eigenvalue weighted by molar-refractivity contribution is 0.0846. The minimum absolute atomic E-state index is 0.302. The molecule has 0 fully saturated rings. The Bertz CT molecular complexity index is 1340. The van der Waals surface area contributed by atoms with Gasteiger partial charge in [-0.3, -0.25) is 20.4 Å². The number of carbonyl (C=O) groups excluding carboxylic acids is 2. The Kier molecular flexibility index (Phi) is 6.74. The van der Waals surface area contributed by atoms with Gasteiger partial charge in [0.25, 0.3) is 11.8 Å². The van der Waals surface area contributed by atoms with Gasteiger partial charge in [0.05, 0.1) is 16.3 Å². The van der Waals surface area contributed by atoms with Crippen molar-refractivity contribution in [2.45, 2.75) is 13.8 Å². The maximum atomic E-state index is 12.7. The van der Waals surface area contributed by atoms with Gasteiger partial charge in [-0.2, -0.15) is 0 Å². The SMILES string of the molecule is Cc1ccc(C(=O)NNC(=O)c2c(C)cccc2Cl)cc1Nc1nccc(-c2cncnc2)n1. The summed E-state index contributed by atoms with van der Waals surface area (Å²) in [4.78, 5) is 41.9. The molecule has 0 spiro atoms. The second-order valence-electron chi connectivity index (χ2n) is 7.39. The molecule has 2 aromatic heterocycles. The number of aryl methyl sites for hydroxylation is 2. The van der Waals surface area contributed by atoms with E-state index in [2.05, 4.69) is 36.1 Å². The standard InChI is InChI=1S/C24H20ClN7O2/c1-14-6-7-16(22(33)31-32-23(34)21-15(2)4-3-5-18(21)25)10-20(14)30-24-28-9-8-19(29-24)17-11-26-13-27-12-17/h3-13H,1-2H3,(H,31,33)(H,32,34)(H,28,29,30). The summed E-state index contributed by atoms with van der Waals surface area (Å²) in [5.74, 6) is -0.640. The van der Waals surface area contributed by atoms with Crippen LogP contribution in [0.2, 0.25) is 5.02 Å². The van der Waals surface area contributed by atoms with Crippen LogP contribution in [0.1, 0.15) is 31.8 Å². The second kappa shape index (κ2) is 10.1. The Hall–Kier alpha value is -4.37. The fourth-order valence-electron chi connectivity index (χ4n) is 3.20. The zero-order valence-corrected chi connectivity index (χ0v) is 19.1. The fourth-order valence-corrected chi connectivity index (χ4v) is 3.50. The second-order valence-corrected chi connectivity index (χ2v) is 7.79. The van der Waals surface area contributed by atoms with Gasteiger partial charge in [-0.05, 0) is 49.2 Å². The van der Waals surface area contributed by atoms with E-state index >= 15 is 0 Å². The van der Waals surface area contributed by atoms with Crippen molar-refractivity contribution in [1.82, 2.24) is 30.8 Å². The third-order valence-corrected chi connectivity index (χ3v) is 5.31. The highest BCUT2D eigenvalue weighted by Crippen LogP contribution is 2.22. The van der Waals surface area contributed by atoms with Crippen molar-refractivity contribution >= 4 is 35.1 Å². The molecule has 2 heterocycles. The number of nitrogens with zero attached hydrogens (tertiary/aromatic N) is 4. The first-order chi connectivity index (χ1) is 16.4. The zero-order chi connectivity index (χ0) is 24.1. The maximum absolute atomic E-state index is 12.7. The molecule has 0 aliphatic heterocycles. The lowest BCUT2D eigenvalue weighted by Gasteiger charge is -2.13. The molecule has 10 heteroatoms. The van der Waals surface area contributed by atoms with Crippen LogP contribution in [0, 0.1) is 13.8 Å². The number of halogens is 1. The average Bonchev–Trinajstić information content (AvgIpc) is 2.84. The summed E-state index contributed by atoms with van der Waals surface area (Å²) in [7, 11) is 0. The van der Waals surface area contributed by atoms with Gasteiger partial charge >= 0.3 is 0 Å². The first-order valence-corrected chi connectivity index (χ1v) is 10.6. The van der Waals surface area contributed by atoms with Gasteiger partial charge < -0.3 is 5.32 Å². The van der Waals surface area contributed by atoms with Crippen molar-refractivity contribution in [3.05, 3.63) is 94.7 Å². The summed E-state index contributed by atoms with van der Waals surface area (Å²) >= 11 is 6.12. The van der Waals surface area contributed by atoms with E-state index in [0.717, 1.165) is 11.1 Å². The molecule has 0 radical (unpaired) electrons. The van der Waals surface area contributed by atoms with Gasteiger partial charge in [0, 0.05) is 35.4 Å². The molecule has 0 unspecified atom stereocenters. The molecule has 9 nitrogen and oxygen atoms in total. The van der Waals surface area contributed by atoms with Gasteiger partial charge in [0.1, 0.15) is 6.33 Å². The van der Waals surface area contributed by atoms with Gasteiger partial charge in [-0.15, -0.1) is 0 Å². The van der Waals surface area contributed by atoms with E-state index in [1.807, 2.05) is 6.92 Å². The van der Waals surface area contributed by atoms with E-state index in [0.29, 0.717) is 39.0 Å². The van der Waals surface area contributed by atoms with E-state index in [9.17, 15) is 9.59 Å². The Balaban J connectivity index is 1.48. The number of amides is 2. The van der Waals surface area contributed by atoms with E-state index in [1.54, 1.807) is 68.0 Å². The van der Waals surface area contributed by atoms with Gasteiger partial charge in [-0.25, -0.2) is 19.9 Å². The summed E-state index contributed by atoms with van der Waals surface area (Å²) in [5, 5.41) is 3.44. The monoisotopic (exact) mass is 473 g/mol. The van der Waals surface area contributed by atoms with Crippen LogP contribution in [-0.4, -0.2) is 31.8 Å². The fraction of sp³-hybridized carbons (Fsp3) is 0.0833. The van der Waals surface area contributed by atoms with Crippen LogP contribution in [0.5, 0.6) is 0 Å². The number of aromatic nitrogens is 4. The molecule has 0 aliphatic carbocycles. The van der Waals surface area contributed by atoms with Crippen LogP contribution >= 0.6 is 11.6 Å². The number of rotatable bonds is 5. The molecular formula is C24H20ClN7O2. The molecular weight excluding hydrogens is 454 g/mol. The largest absolute Gasteiger partial charge is 0.324 e. The maximum Gasteiger partial charge on any atom is 0.271 e. The number of hydrogen-bond donors (Lipinski definition) is 3. The highest BCUT2D eigenvalue weighted by atomic mass is 35.5. The quantitative estimate of drug-likeness (QED) is 0.374. The molecule has 0 saturated heterocycles. The lowest BCUT2D eigenvalue weighted by Crippen LogP contribution is -2.42. The van der Waals surface area contributed by atoms with Crippen molar-refractivity contribution in [1.29, 1.82) is 0 Å². The number of nitrogens with one attached hydrogen (secondary N) is 3. The van der Waals surface area contributed by atoms with Crippen LogP contribution in [0.25, 0.3) is 11.3 Å². The predicted octanol–water partition coefficient (Wildman–Crippen LogP) is 4.02. The highest BCUT2D eigenvalue weighted by Gasteiger charge is 2.15. The van der Waals surface area contributed by atoms with Crippen molar-refractivity contribution < 1.29 is 9.59 Å². The van der Waals surface area contributed by atoms with Crippen LogP contribution < -0.4 is 16.2 Å². The number of hydrogen-bond acceptors (Lipinski definition) is 7. The lowest BCUT2D eigenvalue weighted by atomic mass is 10.1. The Morgan fingerprint density at radius 1 is 0.912 bits per heavy atom. The molecule has 3 N–H and O–H groups in total. The van der Waals surface area contributed by atoms with Crippen molar-refractivity contribution in [3.63, 3.8) is 0 Å². The van der Waals surface area contributed by atoms with Gasteiger partial charge in [-0.1, -0.05) is 29.8 Å². The summed E-state index contributed by atoms with van der Waals surface area (Å²) in [5.41, 5.74) is 9.09. The number of carbonyl (C=O) groups is 2. The first-order valence-electron chi connectivity index (χ1n) is 10.2. The number of benzene rings is 2. The summed E-state index contributed by atoms with van der Waals surface area (Å²) in [6.45, 7) is 3.66. The van der Waals surface area contributed by atoms with Crippen molar-refractivity contribution in [3.8, 4) is 11.3 Å². The zero-order valence-electron chi connectivity index (χ0n) is 18.3. The molecule has 4 rings (SSSR count). The van der Waals surface area contributed by atoms with Gasteiger partial charge in [0.15, 0.2) is 0 Å². The van der Waals surface area contributed by atoms with E-state index in [-0.39, 0.29) is 0 Å². The van der Waals surface area contributed by atoms with Gasteiger partial charge in [0.2, 0.25) is 5.95 Å². The normalized spacial score (nSPS) is 10.4. The van der Waals surface area contributed by atoms with E-state index < -0.39 is 11.8 Å². The third kappa shape index (κ3) is 5.16. The molecule has 0 aliphatic rings. The van der Waals surface area contributed by atoms with E-state index in [4.69, 9.17) is 11.6 Å². The van der Waals surface area contributed by atoms with Crippen molar-refractivity contribution in [2.24, 2.45) is 0 Å². The van der Waals surface area contributed by atoms with E-state index in [1.165, 1.54) is 6.33 Å². The van der Waals surface area contributed by atoms with Crippen LogP contribution in [0.4, 0.5) is 11.6 Å². The molecule has 34 heavy (non-hydrogen) atoms. The van der Waals surface area contributed by atoms with Crippen LogP contribution in [-0.2, 0) is 0 Å². The Morgan fingerprint density at radius 2 is 1.68 bits per heavy atom. The molecule has 170 valence electrons. The molecule has 0 saturated carbocycles. The van der Waals surface area contributed by atoms with Crippen LogP contribution in [0.15, 0.2) is 67.4 Å². The highest BCUT2D eigenvalue weighted by molar-refractivity contribution is 6.34. The molecule has 0 bridgehead atoms. The Morgan fingerprint density at radius 3 is 2.44 bits per heavy atom. The topological polar surface area (TPSA) is 122 Å². The molecule has 2 amide bonds. The third-order valence-electron chi connectivity index (χ3n) is 5.00. The summed E-state index contributed by atoms with van der Waals surface area (Å²) < 4.78 is 0. The number of hydrazine groups is 1. The average molecular weight is 474 g/mol. The summed E-state index contributed by atoms with van der Waals surface area (Å²) in [6.07, 6.45) is 6.39. The first kappa shape index (κ1) is 22.8. The smallest absolute Gasteiger partial charge is 0.271 e. The number of anilines is 2. The molecule has 0 atom stereocenters. The Labute approximate surface area is 200 Å². The molecule has 4 aromatic rings. The predicted molar refractivity (Wildman–Crippen MR) is 129 cm³/mol. The van der Waals surface area contributed by atoms with Crippen molar-refractivity contribution in [2.75, 3.05) is 5.32 Å². The molecule has 2 aromatic carbocycles. The minimum Gasteiger partial charge on any atom is -0.324 e.